The summed E-state index contributed by atoms with van der Waals surface area (Å²) in [5.74, 6) is 1.61. The van der Waals surface area contributed by atoms with Crippen molar-refractivity contribution in [3.63, 3.8) is 0 Å². The molecule has 2 heterocycles. The van der Waals surface area contributed by atoms with Crippen LogP contribution in [-0.4, -0.2) is 56.5 Å². The number of halogens is 1. The van der Waals surface area contributed by atoms with E-state index in [1.807, 2.05) is 6.07 Å². The summed E-state index contributed by atoms with van der Waals surface area (Å²) in [6.45, 7) is 8.56. The number of benzene rings is 1. The Hall–Kier alpha value is -1.76. The highest BCUT2D eigenvalue weighted by Crippen LogP contribution is 2.40. The average molecular weight is 395 g/mol. The lowest BCUT2D eigenvalue weighted by Gasteiger charge is -2.35. The molecule has 2 aliphatic rings. The molecule has 1 fully saturated rings. The summed E-state index contributed by atoms with van der Waals surface area (Å²) in [6.07, 6.45) is 4.30. The van der Waals surface area contributed by atoms with E-state index in [0.717, 1.165) is 38.3 Å². The Bertz CT molecular complexity index is 687. The zero-order valence-corrected chi connectivity index (χ0v) is 16.6. The molecule has 3 rings (SSSR count). The van der Waals surface area contributed by atoms with E-state index in [9.17, 15) is 4.79 Å². The van der Waals surface area contributed by atoms with Crippen LogP contribution in [0.3, 0.4) is 0 Å². The Kier molecular flexibility index (Phi) is 6.99. The van der Waals surface area contributed by atoms with Crippen molar-refractivity contribution in [2.24, 2.45) is 5.92 Å². The molecule has 0 saturated carbocycles. The second-order valence-corrected chi connectivity index (χ2v) is 7.65. The van der Waals surface area contributed by atoms with Gasteiger partial charge in [0.15, 0.2) is 11.5 Å². The van der Waals surface area contributed by atoms with Crippen LogP contribution in [0.25, 0.3) is 6.08 Å². The number of carbonyl (C=O) groups excluding carboxylic acids is 1. The Morgan fingerprint density at radius 3 is 2.81 bits per heavy atom. The summed E-state index contributed by atoms with van der Waals surface area (Å²) >= 11 is 6.17. The van der Waals surface area contributed by atoms with Crippen molar-refractivity contribution >= 4 is 23.6 Å². The van der Waals surface area contributed by atoms with Crippen molar-refractivity contribution in [3.05, 3.63) is 28.8 Å². The number of fused-ring (bicyclic) bond motifs is 1. The van der Waals surface area contributed by atoms with Gasteiger partial charge in [0.1, 0.15) is 0 Å². The zero-order chi connectivity index (χ0) is 19.2. The number of amides is 1. The van der Waals surface area contributed by atoms with Crippen LogP contribution < -0.4 is 14.8 Å². The molecule has 6 nitrogen and oxygen atoms in total. The number of morpholine rings is 1. The second kappa shape index (κ2) is 9.44. The maximum atomic E-state index is 12.3. The Morgan fingerprint density at radius 2 is 2.07 bits per heavy atom. The highest BCUT2D eigenvalue weighted by atomic mass is 35.5. The van der Waals surface area contributed by atoms with Crippen LogP contribution in [0, 0.1) is 5.92 Å². The number of ether oxygens (including phenoxy) is 3. The summed E-state index contributed by atoms with van der Waals surface area (Å²) in [5.41, 5.74) is 0.798. The van der Waals surface area contributed by atoms with E-state index >= 15 is 0 Å². The highest BCUT2D eigenvalue weighted by Gasteiger charge is 2.22. The summed E-state index contributed by atoms with van der Waals surface area (Å²) in [4.78, 5) is 14.7. The summed E-state index contributed by atoms with van der Waals surface area (Å²) in [7, 11) is 0. The van der Waals surface area contributed by atoms with E-state index in [2.05, 4.69) is 24.1 Å². The Balaban J connectivity index is 1.56. The quantitative estimate of drug-likeness (QED) is 0.720. The molecule has 0 aromatic heterocycles. The minimum atomic E-state index is -0.120. The van der Waals surface area contributed by atoms with Gasteiger partial charge in [-0.05, 0) is 36.1 Å². The minimum Gasteiger partial charge on any atom is -0.454 e. The van der Waals surface area contributed by atoms with Crippen LogP contribution in [-0.2, 0) is 9.53 Å². The van der Waals surface area contributed by atoms with Gasteiger partial charge in [0.2, 0.25) is 12.7 Å². The van der Waals surface area contributed by atoms with Gasteiger partial charge in [0.25, 0.3) is 0 Å². The van der Waals surface area contributed by atoms with Crippen LogP contribution in [0.1, 0.15) is 25.8 Å². The molecule has 1 aromatic carbocycles. The first-order chi connectivity index (χ1) is 13.0. The van der Waals surface area contributed by atoms with Crippen molar-refractivity contribution in [1.82, 2.24) is 10.2 Å². The number of hydrogen-bond donors (Lipinski definition) is 1. The van der Waals surface area contributed by atoms with Gasteiger partial charge < -0.3 is 19.5 Å². The molecular weight excluding hydrogens is 368 g/mol. The van der Waals surface area contributed by atoms with Gasteiger partial charge in [-0.2, -0.15) is 0 Å². The topological polar surface area (TPSA) is 60.0 Å². The zero-order valence-electron chi connectivity index (χ0n) is 15.9. The first-order valence-corrected chi connectivity index (χ1v) is 9.77. The van der Waals surface area contributed by atoms with Crippen LogP contribution >= 0.6 is 11.6 Å². The molecule has 1 unspecified atom stereocenters. The molecule has 27 heavy (non-hydrogen) atoms. The fourth-order valence-corrected chi connectivity index (χ4v) is 3.65. The molecule has 1 saturated heterocycles. The van der Waals surface area contributed by atoms with Gasteiger partial charge in [-0.3, -0.25) is 9.69 Å². The van der Waals surface area contributed by atoms with Gasteiger partial charge in [-0.25, -0.2) is 0 Å². The molecule has 2 aliphatic heterocycles. The van der Waals surface area contributed by atoms with Crippen LogP contribution in [0.15, 0.2) is 18.2 Å². The number of rotatable bonds is 7. The van der Waals surface area contributed by atoms with Crippen molar-refractivity contribution in [1.29, 1.82) is 0 Å². The molecule has 0 bridgehead atoms. The van der Waals surface area contributed by atoms with Gasteiger partial charge >= 0.3 is 0 Å². The predicted molar refractivity (Wildman–Crippen MR) is 105 cm³/mol. The molecule has 7 heteroatoms. The second-order valence-electron chi connectivity index (χ2n) is 7.25. The van der Waals surface area contributed by atoms with Gasteiger partial charge in [0, 0.05) is 31.8 Å². The number of nitrogens with zero attached hydrogens (tertiary/aromatic N) is 1. The van der Waals surface area contributed by atoms with Crippen LogP contribution in [0.2, 0.25) is 5.02 Å². The monoisotopic (exact) mass is 394 g/mol. The van der Waals surface area contributed by atoms with Crippen LogP contribution in [0.5, 0.6) is 11.5 Å². The molecule has 1 aromatic rings. The fourth-order valence-electron chi connectivity index (χ4n) is 3.38. The van der Waals surface area contributed by atoms with E-state index in [-0.39, 0.29) is 12.7 Å². The molecule has 0 radical (unpaired) electrons. The summed E-state index contributed by atoms with van der Waals surface area (Å²) in [6, 6.07) is 3.90. The number of nitrogens with one attached hydrogen (secondary N) is 1. The van der Waals surface area contributed by atoms with E-state index in [1.165, 1.54) is 6.08 Å². The highest BCUT2D eigenvalue weighted by molar-refractivity contribution is 6.32. The molecule has 0 spiro atoms. The first kappa shape index (κ1) is 20.0. The van der Waals surface area contributed by atoms with E-state index in [0.29, 0.717) is 35.0 Å². The van der Waals surface area contributed by atoms with Gasteiger partial charge in [0.05, 0.1) is 18.2 Å². The largest absolute Gasteiger partial charge is 0.454 e. The SMILES string of the molecule is CC(C)CC(CNC(=O)C=Cc1cc(Cl)c2c(c1)OCO2)N1CCOCC1. The molecule has 1 amide bonds. The Morgan fingerprint density at radius 1 is 1.30 bits per heavy atom. The van der Waals surface area contributed by atoms with Gasteiger partial charge in [-0.1, -0.05) is 25.4 Å². The smallest absolute Gasteiger partial charge is 0.244 e. The summed E-state index contributed by atoms with van der Waals surface area (Å²) in [5, 5.41) is 3.51. The molecule has 1 atom stereocenters. The van der Waals surface area contributed by atoms with E-state index < -0.39 is 0 Å². The third-order valence-corrected chi connectivity index (χ3v) is 4.97. The molecule has 1 N–H and O–H groups in total. The van der Waals surface area contributed by atoms with Crippen molar-refractivity contribution in [2.45, 2.75) is 26.3 Å². The van der Waals surface area contributed by atoms with Crippen molar-refractivity contribution in [3.8, 4) is 11.5 Å². The van der Waals surface area contributed by atoms with Crippen molar-refractivity contribution in [2.75, 3.05) is 39.6 Å². The molecule has 0 aliphatic carbocycles. The van der Waals surface area contributed by atoms with Crippen molar-refractivity contribution < 1.29 is 19.0 Å². The average Bonchev–Trinajstić information content (AvgIpc) is 3.13. The lowest BCUT2D eigenvalue weighted by Crippen LogP contribution is -2.49. The fraction of sp³-hybridized carbons (Fsp3) is 0.550. The lowest BCUT2D eigenvalue weighted by atomic mass is 10.0. The molecule has 148 valence electrons. The van der Waals surface area contributed by atoms with E-state index in [1.54, 1.807) is 12.1 Å². The predicted octanol–water partition coefficient (Wildman–Crippen LogP) is 2.95. The van der Waals surface area contributed by atoms with E-state index in [4.69, 9.17) is 25.8 Å². The molecular formula is C20H27ClN2O4. The third kappa shape index (κ3) is 5.61. The third-order valence-electron chi connectivity index (χ3n) is 4.69. The standard InChI is InChI=1S/C20H27ClN2O4/c1-14(2)9-16(23-5-7-25-8-6-23)12-22-19(24)4-3-15-10-17(21)20-18(11-15)26-13-27-20/h3-4,10-11,14,16H,5-9,12-13H2,1-2H3,(H,22,24). The Labute approximate surface area is 165 Å². The minimum absolute atomic E-state index is 0.120. The maximum Gasteiger partial charge on any atom is 0.244 e. The number of hydrogen-bond acceptors (Lipinski definition) is 5. The first-order valence-electron chi connectivity index (χ1n) is 9.40. The number of carbonyl (C=O) groups is 1. The normalized spacial score (nSPS) is 18.2. The maximum absolute atomic E-state index is 12.3. The van der Waals surface area contributed by atoms with Gasteiger partial charge in [-0.15, -0.1) is 0 Å². The lowest BCUT2D eigenvalue weighted by molar-refractivity contribution is -0.116. The summed E-state index contributed by atoms with van der Waals surface area (Å²) < 4.78 is 16.1. The van der Waals surface area contributed by atoms with Crippen LogP contribution in [0.4, 0.5) is 0 Å².